The van der Waals surface area contributed by atoms with Crippen LogP contribution in [0, 0.1) is 0 Å². The second-order valence-electron chi connectivity index (χ2n) is 7.51. The van der Waals surface area contributed by atoms with Crippen LogP contribution in [0.15, 0.2) is 42.7 Å². The largest absolute Gasteiger partial charge is 0.341 e. The summed E-state index contributed by atoms with van der Waals surface area (Å²) in [6.07, 6.45) is 7.03. The van der Waals surface area contributed by atoms with E-state index in [1.807, 2.05) is 41.6 Å². The van der Waals surface area contributed by atoms with E-state index in [9.17, 15) is 4.79 Å². The third-order valence-corrected chi connectivity index (χ3v) is 5.30. The van der Waals surface area contributed by atoms with Gasteiger partial charge < -0.3 is 9.47 Å². The quantitative estimate of drug-likeness (QED) is 0.824. The van der Waals surface area contributed by atoms with Gasteiger partial charge in [-0.05, 0) is 64.4 Å². The third kappa shape index (κ3) is 4.33. The molecule has 1 saturated heterocycles. The summed E-state index contributed by atoms with van der Waals surface area (Å²) in [5.74, 6) is 0.164. The van der Waals surface area contributed by atoms with Crippen LogP contribution < -0.4 is 0 Å². The van der Waals surface area contributed by atoms with Crippen LogP contribution in [0.1, 0.15) is 55.3 Å². The molecular formula is C21H30N4O. The standard InChI is InChI=1S/C21H30N4O/c1-17(2)25-14-7-10-20(25)21(26)24-13-6-9-19(11-15-24)23(3)16-18-8-4-5-12-22-18/h4-5,7-8,10,12,14,17,19H,6,9,11,13,15-16H2,1-3H3/t19-/m0/s1. The zero-order valence-corrected chi connectivity index (χ0v) is 16.1. The van der Waals surface area contributed by atoms with Crippen LogP contribution in [-0.4, -0.2) is 51.4 Å². The molecule has 0 N–H and O–H groups in total. The van der Waals surface area contributed by atoms with Gasteiger partial charge in [0.25, 0.3) is 5.91 Å². The molecule has 0 unspecified atom stereocenters. The van der Waals surface area contributed by atoms with Crippen molar-refractivity contribution in [1.82, 2.24) is 19.4 Å². The van der Waals surface area contributed by atoms with E-state index >= 15 is 0 Å². The number of likely N-dealkylation sites (tertiary alicyclic amines) is 1. The predicted octanol–water partition coefficient (Wildman–Crippen LogP) is 3.59. The van der Waals surface area contributed by atoms with Gasteiger partial charge in [0.1, 0.15) is 5.69 Å². The monoisotopic (exact) mass is 354 g/mol. The van der Waals surface area contributed by atoms with Crippen molar-refractivity contribution in [2.45, 2.75) is 51.7 Å². The minimum Gasteiger partial charge on any atom is -0.341 e. The van der Waals surface area contributed by atoms with Gasteiger partial charge in [0.05, 0.1) is 5.69 Å². The Bertz CT molecular complexity index is 710. The van der Waals surface area contributed by atoms with Crippen molar-refractivity contribution in [2.24, 2.45) is 0 Å². The summed E-state index contributed by atoms with van der Waals surface area (Å²) in [5, 5.41) is 0. The van der Waals surface area contributed by atoms with Gasteiger partial charge in [0, 0.05) is 44.1 Å². The van der Waals surface area contributed by atoms with Crippen molar-refractivity contribution in [3.8, 4) is 0 Å². The van der Waals surface area contributed by atoms with Crippen LogP contribution in [0.3, 0.4) is 0 Å². The second kappa shape index (κ2) is 8.49. The molecule has 1 fully saturated rings. The van der Waals surface area contributed by atoms with Crippen LogP contribution in [0.2, 0.25) is 0 Å². The van der Waals surface area contributed by atoms with E-state index in [2.05, 4.69) is 41.4 Å². The molecule has 1 amide bonds. The van der Waals surface area contributed by atoms with E-state index in [0.29, 0.717) is 12.1 Å². The Hall–Kier alpha value is -2.14. The van der Waals surface area contributed by atoms with Crippen molar-refractivity contribution in [3.63, 3.8) is 0 Å². The predicted molar refractivity (Wildman–Crippen MR) is 104 cm³/mol. The number of rotatable bonds is 5. The van der Waals surface area contributed by atoms with Gasteiger partial charge in [0.2, 0.25) is 0 Å². The molecule has 1 atom stereocenters. The highest BCUT2D eigenvalue weighted by Gasteiger charge is 2.25. The number of carbonyl (C=O) groups excluding carboxylic acids is 1. The Morgan fingerprint density at radius 2 is 2.08 bits per heavy atom. The molecule has 3 heterocycles. The number of pyridine rings is 1. The molecule has 0 saturated carbocycles. The van der Waals surface area contributed by atoms with E-state index in [-0.39, 0.29) is 5.91 Å². The molecule has 0 aliphatic carbocycles. The van der Waals surface area contributed by atoms with Gasteiger partial charge in [-0.25, -0.2) is 0 Å². The van der Waals surface area contributed by atoms with E-state index < -0.39 is 0 Å². The lowest BCUT2D eigenvalue weighted by Gasteiger charge is -2.27. The molecule has 3 rings (SSSR count). The summed E-state index contributed by atoms with van der Waals surface area (Å²) < 4.78 is 2.07. The Kier molecular flexibility index (Phi) is 6.09. The molecule has 5 nitrogen and oxygen atoms in total. The SMILES string of the molecule is CC(C)n1cccc1C(=O)N1CCC[C@H](N(C)Cc2ccccn2)CC1. The molecule has 0 aromatic carbocycles. The first-order chi connectivity index (χ1) is 12.6. The van der Waals surface area contributed by atoms with Crippen molar-refractivity contribution in [2.75, 3.05) is 20.1 Å². The summed E-state index contributed by atoms with van der Waals surface area (Å²) in [7, 11) is 2.17. The van der Waals surface area contributed by atoms with Crippen LogP contribution in [0.4, 0.5) is 0 Å². The molecule has 1 aliphatic heterocycles. The fourth-order valence-corrected chi connectivity index (χ4v) is 3.79. The van der Waals surface area contributed by atoms with Crippen LogP contribution in [-0.2, 0) is 6.54 Å². The summed E-state index contributed by atoms with van der Waals surface area (Å²) in [5.41, 5.74) is 1.90. The van der Waals surface area contributed by atoms with E-state index in [1.54, 1.807) is 0 Å². The van der Waals surface area contributed by atoms with Crippen LogP contribution in [0.5, 0.6) is 0 Å². The van der Waals surface area contributed by atoms with Gasteiger partial charge in [-0.3, -0.25) is 14.7 Å². The number of nitrogens with zero attached hydrogens (tertiary/aromatic N) is 4. The molecule has 1 aliphatic rings. The third-order valence-electron chi connectivity index (χ3n) is 5.30. The van der Waals surface area contributed by atoms with E-state index in [0.717, 1.165) is 50.3 Å². The van der Waals surface area contributed by atoms with Crippen molar-refractivity contribution < 1.29 is 4.79 Å². The number of hydrogen-bond acceptors (Lipinski definition) is 3. The van der Waals surface area contributed by atoms with Crippen molar-refractivity contribution in [3.05, 3.63) is 54.1 Å². The Morgan fingerprint density at radius 3 is 2.81 bits per heavy atom. The molecule has 0 radical (unpaired) electrons. The van der Waals surface area contributed by atoms with Gasteiger partial charge in [0.15, 0.2) is 0 Å². The van der Waals surface area contributed by atoms with Crippen LogP contribution in [0.25, 0.3) is 0 Å². The summed E-state index contributed by atoms with van der Waals surface area (Å²) >= 11 is 0. The van der Waals surface area contributed by atoms with Gasteiger partial charge in [-0.15, -0.1) is 0 Å². The van der Waals surface area contributed by atoms with E-state index in [4.69, 9.17) is 0 Å². The normalized spacial score (nSPS) is 18.3. The number of amides is 1. The Balaban J connectivity index is 1.61. The van der Waals surface area contributed by atoms with Gasteiger partial charge in [-0.2, -0.15) is 0 Å². The van der Waals surface area contributed by atoms with Gasteiger partial charge in [-0.1, -0.05) is 6.07 Å². The molecule has 5 heteroatoms. The number of hydrogen-bond donors (Lipinski definition) is 0. The zero-order chi connectivity index (χ0) is 18.5. The highest BCUT2D eigenvalue weighted by atomic mass is 16.2. The Labute approximate surface area is 156 Å². The zero-order valence-electron chi connectivity index (χ0n) is 16.1. The van der Waals surface area contributed by atoms with Gasteiger partial charge >= 0.3 is 0 Å². The van der Waals surface area contributed by atoms with E-state index in [1.165, 1.54) is 0 Å². The molecule has 140 valence electrons. The van der Waals surface area contributed by atoms with Crippen LogP contribution >= 0.6 is 0 Å². The number of aromatic nitrogens is 2. The fraction of sp³-hybridized carbons (Fsp3) is 0.524. The van der Waals surface area contributed by atoms with Crippen molar-refractivity contribution in [1.29, 1.82) is 0 Å². The first-order valence-corrected chi connectivity index (χ1v) is 9.62. The maximum Gasteiger partial charge on any atom is 0.270 e. The lowest BCUT2D eigenvalue weighted by molar-refractivity contribution is 0.0745. The molecule has 0 spiro atoms. The fourth-order valence-electron chi connectivity index (χ4n) is 3.79. The molecule has 2 aromatic rings. The lowest BCUT2D eigenvalue weighted by Crippen LogP contribution is -2.35. The molecule has 0 bridgehead atoms. The van der Waals surface area contributed by atoms with Crippen molar-refractivity contribution >= 4 is 5.91 Å². The average molecular weight is 354 g/mol. The minimum absolute atomic E-state index is 0.164. The molecular weight excluding hydrogens is 324 g/mol. The maximum atomic E-state index is 13.0. The molecule has 2 aromatic heterocycles. The smallest absolute Gasteiger partial charge is 0.270 e. The summed E-state index contributed by atoms with van der Waals surface area (Å²) in [4.78, 5) is 21.8. The summed E-state index contributed by atoms with van der Waals surface area (Å²) in [6.45, 7) is 6.74. The topological polar surface area (TPSA) is 41.4 Å². The number of carbonyl (C=O) groups is 1. The average Bonchev–Trinajstić information content (AvgIpc) is 3.00. The highest BCUT2D eigenvalue weighted by Crippen LogP contribution is 2.20. The first-order valence-electron chi connectivity index (χ1n) is 9.62. The minimum atomic E-state index is 0.164. The first kappa shape index (κ1) is 18.6. The molecule has 26 heavy (non-hydrogen) atoms. The lowest BCUT2D eigenvalue weighted by atomic mass is 10.1. The highest BCUT2D eigenvalue weighted by molar-refractivity contribution is 5.92. The Morgan fingerprint density at radius 1 is 1.23 bits per heavy atom. The maximum absolute atomic E-state index is 13.0. The summed E-state index contributed by atoms with van der Waals surface area (Å²) in [6, 6.07) is 10.8. The second-order valence-corrected chi connectivity index (χ2v) is 7.51.